The third kappa shape index (κ3) is 16.1. The number of ether oxygens (including phenoxy) is 1. The molecule has 2 N–H and O–H groups in total. The maximum atomic E-state index is 14.8. The van der Waals surface area contributed by atoms with Crippen LogP contribution in [0.4, 0.5) is 4.39 Å². The Bertz CT molecular complexity index is 828. The second kappa shape index (κ2) is 24.6. The van der Waals surface area contributed by atoms with E-state index in [4.69, 9.17) is 14.7 Å². The smallest absolute Gasteiger partial charge is 0.146 e. The number of nitrogens with one attached hydrogen (secondary N) is 1. The van der Waals surface area contributed by atoms with Crippen LogP contribution in [0.2, 0.25) is 0 Å². The number of methoxy groups -OCH3 is 1. The zero-order valence-electron chi connectivity index (χ0n) is 26.5. The van der Waals surface area contributed by atoms with Gasteiger partial charge < -0.3 is 24.5 Å². The van der Waals surface area contributed by atoms with Crippen LogP contribution >= 0.6 is 0 Å². The number of piperazine rings is 1. The number of hydrogen-bond acceptors (Lipinski definition) is 7. The first-order valence-electron chi connectivity index (χ1n) is 14.6. The number of unbranched alkanes of at least 4 members (excludes halogenated alkanes) is 1. The molecule has 0 aromatic carbocycles. The van der Waals surface area contributed by atoms with E-state index in [-0.39, 0.29) is 11.9 Å². The molecule has 0 aliphatic carbocycles. The van der Waals surface area contributed by atoms with Gasteiger partial charge in [0.2, 0.25) is 0 Å². The molecule has 7 nitrogen and oxygen atoms in total. The number of allylic oxidation sites excluding steroid dienone is 7. The largest absolute Gasteiger partial charge is 0.400 e. The molecule has 1 unspecified atom stereocenters. The van der Waals surface area contributed by atoms with Gasteiger partial charge in [0.25, 0.3) is 0 Å². The highest BCUT2D eigenvalue weighted by molar-refractivity contribution is 5.30. The lowest BCUT2D eigenvalue weighted by Crippen LogP contribution is -2.43. The maximum Gasteiger partial charge on any atom is 0.146 e. The molecule has 230 valence electrons. The molecule has 2 heterocycles. The first-order valence-corrected chi connectivity index (χ1v) is 14.6. The topological polar surface area (TPSA) is 60.4 Å². The number of aliphatic hydroxyl groups excluding tert-OH is 1. The molecule has 0 aromatic rings. The fourth-order valence-electron chi connectivity index (χ4n) is 4.15. The Labute approximate surface area is 244 Å². The van der Waals surface area contributed by atoms with Gasteiger partial charge in [-0.3, -0.25) is 4.84 Å². The minimum atomic E-state index is -0.157. The van der Waals surface area contributed by atoms with E-state index in [2.05, 4.69) is 79.4 Å². The number of halogens is 1. The molecule has 2 rings (SSSR count). The van der Waals surface area contributed by atoms with E-state index in [0.717, 1.165) is 59.0 Å². The first kappa shape index (κ1) is 37.8. The summed E-state index contributed by atoms with van der Waals surface area (Å²) >= 11 is 0. The predicted molar refractivity (Wildman–Crippen MR) is 167 cm³/mol. The Morgan fingerprint density at radius 1 is 1.15 bits per heavy atom. The fourth-order valence-corrected chi connectivity index (χ4v) is 4.15. The van der Waals surface area contributed by atoms with E-state index in [1.54, 1.807) is 20.2 Å². The van der Waals surface area contributed by atoms with Crippen LogP contribution in [0.3, 0.4) is 0 Å². The van der Waals surface area contributed by atoms with Gasteiger partial charge in [-0.1, -0.05) is 57.1 Å². The van der Waals surface area contributed by atoms with Crippen molar-refractivity contribution in [2.75, 3.05) is 67.7 Å². The van der Waals surface area contributed by atoms with Crippen LogP contribution in [0, 0.1) is 0 Å². The summed E-state index contributed by atoms with van der Waals surface area (Å²) in [4.78, 5) is 11.7. The number of hydrogen-bond donors (Lipinski definition) is 2. The molecule has 0 aromatic heterocycles. The Balaban J connectivity index is 0.000000860. The summed E-state index contributed by atoms with van der Waals surface area (Å²) in [7, 11) is 6.61. The third-order valence-corrected chi connectivity index (χ3v) is 6.46. The molecule has 0 amide bonds. The van der Waals surface area contributed by atoms with E-state index in [1.165, 1.54) is 17.6 Å². The van der Waals surface area contributed by atoms with Gasteiger partial charge in [0.1, 0.15) is 5.83 Å². The number of hydroxylamine groups is 1. The van der Waals surface area contributed by atoms with Crippen molar-refractivity contribution in [3.8, 4) is 0 Å². The van der Waals surface area contributed by atoms with Crippen molar-refractivity contribution in [1.82, 2.24) is 20.2 Å². The summed E-state index contributed by atoms with van der Waals surface area (Å²) in [6.45, 7) is 13.4. The molecular formula is C32H57FN4O3. The Morgan fingerprint density at radius 3 is 2.42 bits per heavy atom. The van der Waals surface area contributed by atoms with Gasteiger partial charge >= 0.3 is 0 Å². The monoisotopic (exact) mass is 564 g/mol. The van der Waals surface area contributed by atoms with Crippen molar-refractivity contribution in [1.29, 1.82) is 0 Å². The normalized spacial score (nSPS) is 22.4. The fraction of sp³-hybridized carbons (Fsp3) is 0.625. The average molecular weight is 565 g/mol. The number of nitrogens with zero attached hydrogens (tertiary/aromatic N) is 3. The Morgan fingerprint density at radius 2 is 1.85 bits per heavy atom. The Kier molecular flexibility index (Phi) is 23.2. The van der Waals surface area contributed by atoms with E-state index < -0.39 is 0 Å². The molecule has 2 aliphatic heterocycles. The summed E-state index contributed by atoms with van der Waals surface area (Å²) in [5, 5.41) is 7.00. The van der Waals surface area contributed by atoms with Crippen molar-refractivity contribution in [3.05, 3.63) is 71.5 Å². The van der Waals surface area contributed by atoms with Crippen LogP contribution in [-0.4, -0.2) is 93.6 Å². The molecule has 1 atom stereocenters. The quantitative estimate of drug-likeness (QED) is 0.224. The van der Waals surface area contributed by atoms with Gasteiger partial charge in [0, 0.05) is 59.8 Å². The summed E-state index contributed by atoms with van der Waals surface area (Å²) < 4.78 is 20.2. The van der Waals surface area contributed by atoms with Gasteiger partial charge in [0.05, 0.1) is 25.0 Å². The van der Waals surface area contributed by atoms with Crippen molar-refractivity contribution in [2.45, 2.75) is 65.8 Å². The molecule has 2 aliphatic rings. The lowest BCUT2D eigenvalue weighted by atomic mass is 10.1. The van der Waals surface area contributed by atoms with Crippen molar-refractivity contribution < 1.29 is 19.1 Å². The first-order chi connectivity index (χ1) is 19.4. The van der Waals surface area contributed by atoms with Crippen LogP contribution in [0.15, 0.2) is 71.5 Å². The molecule has 0 radical (unpaired) electrons. The van der Waals surface area contributed by atoms with E-state index in [9.17, 15) is 4.39 Å². The average Bonchev–Trinajstić information content (AvgIpc) is 2.96. The highest BCUT2D eigenvalue weighted by atomic mass is 19.1. The lowest BCUT2D eigenvalue weighted by molar-refractivity contribution is 0.0774. The van der Waals surface area contributed by atoms with Gasteiger partial charge in [-0.05, 0) is 57.4 Å². The minimum Gasteiger partial charge on any atom is -0.400 e. The SMILES string of the molecule is CC/C=C(\C=C/CCC)CONC.CCC(COC)N1/C=C(/C)C/C=C/C(F)=C(N2CCN(C)CC2)\C=C\1.CO. The molecule has 8 heteroatoms. The van der Waals surface area contributed by atoms with Gasteiger partial charge in [-0.15, -0.1) is 0 Å². The minimum absolute atomic E-state index is 0.157. The zero-order valence-corrected chi connectivity index (χ0v) is 26.5. The van der Waals surface area contributed by atoms with Gasteiger partial charge in [-0.2, -0.15) is 0 Å². The number of rotatable bonds is 12. The second-order valence-electron chi connectivity index (χ2n) is 9.76. The van der Waals surface area contributed by atoms with Crippen molar-refractivity contribution in [3.63, 3.8) is 0 Å². The third-order valence-electron chi connectivity index (χ3n) is 6.46. The van der Waals surface area contributed by atoms with E-state index in [0.29, 0.717) is 18.9 Å². The molecule has 0 saturated carbocycles. The highest BCUT2D eigenvalue weighted by Crippen LogP contribution is 2.21. The van der Waals surface area contributed by atoms with E-state index >= 15 is 0 Å². The van der Waals surface area contributed by atoms with Crippen LogP contribution in [0.1, 0.15) is 59.8 Å². The molecule has 1 fully saturated rings. The van der Waals surface area contributed by atoms with Crippen LogP contribution < -0.4 is 5.48 Å². The zero-order chi connectivity index (χ0) is 30.2. The molecule has 0 spiro atoms. The molecule has 1 saturated heterocycles. The second-order valence-corrected chi connectivity index (χ2v) is 9.76. The van der Waals surface area contributed by atoms with Gasteiger partial charge in [0.15, 0.2) is 0 Å². The lowest BCUT2D eigenvalue weighted by Gasteiger charge is -2.35. The van der Waals surface area contributed by atoms with Crippen molar-refractivity contribution in [2.24, 2.45) is 0 Å². The molecule has 0 bridgehead atoms. The summed E-state index contributed by atoms with van der Waals surface area (Å²) in [5.74, 6) is -0.157. The highest BCUT2D eigenvalue weighted by Gasteiger charge is 2.19. The Hall–Kier alpha value is -2.23. The van der Waals surface area contributed by atoms with Gasteiger partial charge in [-0.25, -0.2) is 9.87 Å². The standard InChI is InChI=1S/C20H32FN3O.C11H21NO.CH4O/c1-5-18(16-25-4)24-10-9-20(23-13-11-22(3)12-14-23)19(21)8-6-7-17(2)15-24;1-4-6-7-9-11(8-5-2)10-13-12-3;1-2/h6,8-10,15,18H,5,7,11-14,16H2,1-4H3;7-9,12H,4-6,10H2,1-3H3;2H,1H3/b8-6+,10-9+,17-15-,20-19-;9-7-,11-8+;. The maximum absolute atomic E-state index is 14.8. The van der Waals surface area contributed by atoms with Crippen LogP contribution in [0.25, 0.3) is 0 Å². The van der Waals surface area contributed by atoms with Crippen molar-refractivity contribution >= 4 is 0 Å². The van der Waals surface area contributed by atoms with Crippen LogP contribution in [-0.2, 0) is 9.57 Å². The number of aliphatic hydroxyl groups is 1. The summed E-state index contributed by atoms with van der Waals surface area (Å²) in [6, 6.07) is 0.247. The summed E-state index contributed by atoms with van der Waals surface area (Å²) in [5.41, 5.74) is 5.79. The molecule has 40 heavy (non-hydrogen) atoms. The summed E-state index contributed by atoms with van der Waals surface area (Å²) in [6.07, 6.45) is 21.2. The van der Waals surface area contributed by atoms with Crippen LogP contribution in [0.5, 0.6) is 0 Å². The predicted octanol–water partition coefficient (Wildman–Crippen LogP) is 5.96. The molecular weight excluding hydrogens is 507 g/mol. The van der Waals surface area contributed by atoms with E-state index in [1.807, 2.05) is 18.4 Å². The number of likely N-dealkylation sites (N-methyl/N-ethyl adjacent to an activating group) is 1.